The van der Waals surface area contributed by atoms with E-state index in [2.05, 4.69) is 5.10 Å². The van der Waals surface area contributed by atoms with Gasteiger partial charge in [-0.15, -0.1) is 0 Å². The Balaban J connectivity index is 2.13. The molecule has 0 bridgehead atoms. The summed E-state index contributed by atoms with van der Waals surface area (Å²) in [6, 6.07) is 0. The molecule has 0 saturated heterocycles. The summed E-state index contributed by atoms with van der Waals surface area (Å²) in [5.74, 6) is 0.334. The van der Waals surface area contributed by atoms with Crippen molar-refractivity contribution in [3.05, 3.63) is 11.3 Å². The van der Waals surface area contributed by atoms with Gasteiger partial charge in [0.2, 0.25) is 0 Å². The molecule has 0 unspecified atom stereocenters. The molecular formula is C10H15N3O2. The molecule has 1 aliphatic carbocycles. The van der Waals surface area contributed by atoms with E-state index >= 15 is 0 Å². The Labute approximate surface area is 88.2 Å². The predicted molar refractivity (Wildman–Crippen MR) is 55.3 cm³/mol. The highest BCUT2D eigenvalue weighted by Crippen LogP contribution is 2.26. The second kappa shape index (κ2) is 3.92. The molecule has 2 N–H and O–H groups in total. The van der Waals surface area contributed by atoms with E-state index in [9.17, 15) is 4.79 Å². The van der Waals surface area contributed by atoms with E-state index in [0.29, 0.717) is 12.4 Å². The third-order valence-electron chi connectivity index (χ3n) is 2.60. The highest BCUT2D eigenvalue weighted by molar-refractivity contribution is 5.70. The number of aromatic nitrogens is 2. The van der Waals surface area contributed by atoms with Crippen LogP contribution in [0.3, 0.4) is 0 Å². The lowest BCUT2D eigenvalue weighted by Gasteiger charge is -2.04. The molecule has 0 aliphatic heterocycles. The van der Waals surface area contributed by atoms with Crippen molar-refractivity contribution in [2.75, 3.05) is 12.3 Å². The van der Waals surface area contributed by atoms with Gasteiger partial charge in [0.25, 0.3) is 0 Å². The summed E-state index contributed by atoms with van der Waals surface area (Å²) >= 11 is 0. The first-order valence-electron chi connectivity index (χ1n) is 5.22. The topological polar surface area (TPSA) is 70.1 Å². The number of esters is 1. The van der Waals surface area contributed by atoms with Crippen LogP contribution in [0.4, 0.5) is 5.82 Å². The quantitative estimate of drug-likeness (QED) is 0.737. The first-order valence-corrected chi connectivity index (χ1v) is 5.22. The first-order chi connectivity index (χ1) is 7.22. The van der Waals surface area contributed by atoms with E-state index in [-0.39, 0.29) is 12.5 Å². The van der Waals surface area contributed by atoms with Crippen molar-refractivity contribution in [3.63, 3.8) is 0 Å². The number of nitrogen functional groups attached to an aromatic ring is 1. The average molecular weight is 209 g/mol. The number of fused-ring (bicyclic) bond motifs is 1. The van der Waals surface area contributed by atoms with Crippen molar-refractivity contribution >= 4 is 11.8 Å². The molecule has 1 aromatic heterocycles. The van der Waals surface area contributed by atoms with Crippen LogP contribution < -0.4 is 5.73 Å². The van der Waals surface area contributed by atoms with Crippen molar-refractivity contribution in [3.8, 4) is 0 Å². The minimum Gasteiger partial charge on any atom is -0.465 e. The number of hydrogen-bond donors (Lipinski definition) is 1. The Hall–Kier alpha value is -1.52. The molecule has 0 fully saturated rings. The van der Waals surface area contributed by atoms with Crippen LogP contribution in [0.25, 0.3) is 0 Å². The Morgan fingerprint density at radius 2 is 2.40 bits per heavy atom. The number of hydrogen-bond acceptors (Lipinski definition) is 4. The fourth-order valence-electron chi connectivity index (χ4n) is 1.92. The summed E-state index contributed by atoms with van der Waals surface area (Å²) in [5, 5.41) is 4.30. The smallest absolute Gasteiger partial charge is 0.327 e. The van der Waals surface area contributed by atoms with E-state index < -0.39 is 0 Å². The molecule has 1 aromatic rings. The number of nitrogens with zero attached hydrogens (tertiary/aromatic N) is 2. The molecule has 0 amide bonds. The Kier molecular flexibility index (Phi) is 2.62. The van der Waals surface area contributed by atoms with Crippen LogP contribution in [0.1, 0.15) is 24.6 Å². The second-order valence-electron chi connectivity index (χ2n) is 3.63. The summed E-state index contributed by atoms with van der Waals surface area (Å²) in [5.41, 5.74) is 8.04. The molecule has 0 spiro atoms. The number of ether oxygens (including phenoxy) is 1. The largest absolute Gasteiger partial charge is 0.465 e. The van der Waals surface area contributed by atoms with Crippen molar-refractivity contribution in [1.82, 2.24) is 9.78 Å². The molecule has 1 aliphatic rings. The van der Waals surface area contributed by atoms with E-state index in [1.807, 2.05) is 0 Å². The second-order valence-corrected chi connectivity index (χ2v) is 3.63. The zero-order chi connectivity index (χ0) is 10.8. The molecule has 0 radical (unpaired) electrons. The van der Waals surface area contributed by atoms with E-state index in [0.717, 1.165) is 30.5 Å². The van der Waals surface area contributed by atoms with Gasteiger partial charge in [0.05, 0.1) is 12.3 Å². The van der Waals surface area contributed by atoms with E-state index in [1.54, 1.807) is 11.6 Å². The van der Waals surface area contributed by atoms with Gasteiger partial charge in [-0.2, -0.15) is 5.10 Å². The summed E-state index contributed by atoms with van der Waals surface area (Å²) in [4.78, 5) is 11.3. The third-order valence-corrected chi connectivity index (χ3v) is 2.60. The zero-order valence-corrected chi connectivity index (χ0v) is 8.82. The Morgan fingerprint density at radius 3 is 3.07 bits per heavy atom. The van der Waals surface area contributed by atoms with Crippen LogP contribution in [-0.2, 0) is 28.9 Å². The molecule has 15 heavy (non-hydrogen) atoms. The lowest BCUT2D eigenvalue weighted by molar-refractivity contribution is -0.144. The Bertz CT molecular complexity index is 384. The fraction of sp³-hybridized carbons (Fsp3) is 0.600. The van der Waals surface area contributed by atoms with Gasteiger partial charge in [0, 0.05) is 5.56 Å². The van der Waals surface area contributed by atoms with Gasteiger partial charge in [0.1, 0.15) is 12.4 Å². The molecule has 0 atom stereocenters. The summed E-state index contributed by atoms with van der Waals surface area (Å²) in [6.45, 7) is 2.29. The van der Waals surface area contributed by atoms with Crippen LogP contribution in [0.15, 0.2) is 0 Å². The van der Waals surface area contributed by atoms with Crippen LogP contribution >= 0.6 is 0 Å². The van der Waals surface area contributed by atoms with Crippen molar-refractivity contribution < 1.29 is 9.53 Å². The number of rotatable bonds is 3. The van der Waals surface area contributed by atoms with E-state index in [4.69, 9.17) is 10.5 Å². The third kappa shape index (κ3) is 1.82. The van der Waals surface area contributed by atoms with Gasteiger partial charge in [-0.05, 0) is 26.2 Å². The molecule has 1 heterocycles. The summed E-state index contributed by atoms with van der Waals surface area (Å²) < 4.78 is 6.39. The van der Waals surface area contributed by atoms with Gasteiger partial charge in [-0.25, -0.2) is 4.68 Å². The number of carbonyl (C=O) groups excluding carboxylic acids is 1. The molecule has 0 aromatic carbocycles. The predicted octanol–water partition coefficient (Wildman–Crippen LogP) is 0.517. The minimum atomic E-state index is -0.287. The zero-order valence-electron chi connectivity index (χ0n) is 8.82. The maximum Gasteiger partial charge on any atom is 0.327 e. The summed E-state index contributed by atoms with van der Waals surface area (Å²) in [7, 11) is 0. The van der Waals surface area contributed by atoms with Crippen LogP contribution in [0.5, 0.6) is 0 Å². The lowest BCUT2D eigenvalue weighted by atomic mass is 10.2. The van der Waals surface area contributed by atoms with Crippen molar-refractivity contribution in [2.24, 2.45) is 0 Å². The highest BCUT2D eigenvalue weighted by Gasteiger charge is 2.21. The fourth-order valence-corrected chi connectivity index (χ4v) is 1.92. The van der Waals surface area contributed by atoms with E-state index in [1.165, 1.54) is 0 Å². The first kappa shape index (κ1) is 10.0. The monoisotopic (exact) mass is 209 g/mol. The van der Waals surface area contributed by atoms with Gasteiger partial charge in [-0.1, -0.05) is 0 Å². The maximum absolute atomic E-state index is 11.3. The van der Waals surface area contributed by atoms with Gasteiger partial charge < -0.3 is 10.5 Å². The van der Waals surface area contributed by atoms with Gasteiger partial charge >= 0.3 is 5.97 Å². The highest BCUT2D eigenvalue weighted by atomic mass is 16.5. The standard InChI is InChI=1S/C10H15N3O2/c1-2-15-9(14)6-13-10(11)7-4-3-5-8(7)12-13/h2-6,11H2,1H3. The van der Waals surface area contributed by atoms with Crippen molar-refractivity contribution in [1.29, 1.82) is 0 Å². The SMILES string of the molecule is CCOC(=O)Cn1nc2c(c1N)CCC2. The lowest BCUT2D eigenvalue weighted by Crippen LogP contribution is -2.16. The van der Waals surface area contributed by atoms with Crippen LogP contribution in [0, 0.1) is 0 Å². The molecule has 5 heteroatoms. The van der Waals surface area contributed by atoms with Gasteiger partial charge in [0.15, 0.2) is 0 Å². The number of nitrogens with two attached hydrogens (primary N) is 1. The molecule has 5 nitrogen and oxygen atoms in total. The molecular weight excluding hydrogens is 194 g/mol. The number of carbonyl (C=O) groups is 1. The van der Waals surface area contributed by atoms with Crippen LogP contribution in [-0.4, -0.2) is 22.4 Å². The maximum atomic E-state index is 11.3. The minimum absolute atomic E-state index is 0.118. The molecule has 2 rings (SSSR count). The average Bonchev–Trinajstić information content (AvgIpc) is 2.72. The van der Waals surface area contributed by atoms with Crippen molar-refractivity contribution in [2.45, 2.75) is 32.7 Å². The Morgan fingerprint density at radius 1 is 1.60 bits per heavy atom. The van der Waals surface area contributed by atoms with Crippen LogP contribution in [0.2, 0.25) is 0 Å². The molecule has 0 saturated carbocycles. The number of aryl methyl sites for hydroxylation is 1. The summed E-state index contributed by atoms with van der Waals surface area (Å²) in [6.07, 6.45) is 3.06. The van der Waals surface area contributed by atoms with Gasteiger partial charge in [-0.3, -0.25) is 4.79 Å². The normalized spacial score (nSPS) is 13.9. The molecule has 82 valence electrons. The number of anilines is 1.